The van der Waals surface area contributed by atoms with Crippen molar-refractivity contribution in [3.8, 4) is 0 Å². The Kier molecular flexibility index (Phi) is 5.76. The molecule has 6 nitrogen and oxygen atoms in total. The number of amides is 1. The number of rotatable bonds is 7. The molecule has 1 amide bonds. The maximum Gasteiger partial charge on any atom is 0.335 e. The first-order valence-corrected chi connectivity index (χ1v) is 7.62. The van der Waals surface area contributed by atoms with Crippen LogP contribution in [0.1, 0.15) is 50.3 Å². The fraction of sp³-hybridized carbons (Fsp3) is 0.333. The van der Waals surface area contributed by atoms with Crippen LogP contribution in [0.3, 0.4) is 0 Å². The molecule has 0 spiro atoms. The summed E-state index contributed by atoms with van der Waals surface area (Å²) in [6.07, 6.45) is 0.548. The Morgan fingerprint density at radius 2 is 1.92 bits per heavy atom. The molecule has 2 rings (SSSR count). The van der Waals surface area contributed by atoms with E-state index in [0.717, 1.165) is 5.76 Å². The molecule has 128 valence electrons. The largest absolute Gasteiger partial charge is 0.478 e. The van der Waals surface area contributed by atoms with Crippen LogP contribution in [-0.4, -0.2) is 30.7 Å². The lowest BCUT2D eigenvalue weighted by Crippen LogP contribution is -2.29. The maximum atomic E-state index is 12.5. The van der Waals surface area contributed by atoms with Gasteiger partial charge in [-0.1, -0.05) is 0 Å². The SMILES string of the molecule is COCCC(NC(=O)c1cc(C)cc(C(=O)O)c1)c1ccc(C)o1. The Hall–Kier alpha value is -2.60. The predicted molar refractivity (Wildman–Crippen MR) is 88.3 cm³/mol. The predicted octanol–water partition coefficient (Wildman–Crippen LogP) is 3.10. The summed E-state index contributed by atoms with van der Waals surface area (Å²) in [6, 6.07) is 7.84. The summed E-state index contributed by atoms with van der Waals surface area (Å²) in [5.41, 5.74) is 1.10. The topological polar surface area (TPSA) is 88.8 Å². The first kappa shape index (κ1) is 17.7. The van der Waals surface area contributed by atoms with Crippen LogP contribution in [-0.2, 0) is 4.74 Å². The molecule has 2 N–H and O–H groups in total. The van der Waals surface area contributed by atoms with Gasteiger partial charge in [0, 0.05) is 19.3 Å². The van der Waals surface area contributed by atoms with E-state index in [0.29, 0.717) is 29.9 Å². The van der Waals surface area contributed by atoms with Crippen molar-refractivity contribution < 1.29 is 23.8 Å². The van der Waals surface area contributed by atoms with Crippen LogP contribution < -0.4 is 5.32 Å². The Labute approximate surface area is 140 Å². The van der Waals surface area contributed by atoms with Gasteiger partial charge in [0.15, 0.2) is 0 Å². The molecule has 1 heterocycles. The van der Waals surface area contributed by atoms with E-state index in [1.54, 1.807) is 20.1 Å². The van der Waals surface area contributed by atoms with Gasteiger partial charge >= 0.3 is 5.97 Å². The van der Waals surface area contributed by atoms with Crippen molar-refractivity contribution in [1.82, 2.24) is 5.32 Å². The Morgan fingerprint density at radius 1 is 1.21 bits per heavy atom. The normalized spacial score (nSPS) is 12.0. The molecule has 0 aliphatic heterocycles. The highest BCUT2D eigenvalue weighted by atomic mass is 16.5. The second-order valence-electron chi connectivity index (χ2n) is 5.65. The lowest BCUT2D eigenvalue weighted by atomic mass is 10.0. The lowest BCUT2D eigenvalue weighted by Gasteiger charge is -2.17. The third-order valence-electron chi connectivity index (χ3n) is 3.61. The summed E-state index contributed by atoms with van der Waals surface area (Å²) in [5, 5.41) is 12.0. The highest BCUT2D eigenvalue weighted by molar-refractivity contribution is 5.98. The third kappa shape index (κ3) is 4.45. The zero-order valence-corrected chi connectivity index (χ0v) is 14.0. The number of hydrogen-bond donors (Lipinski definition) is 2. The molecule has 1 aromatic heterocycles. The number of furan rings is 1. The van der Waals surface area contributed by atoms with E-state index >= 15 is 0 Å². The summed E-state index contributed by atoms with van der Waals surface area (Å²) in [7, 11) is 1.59. The van der Waals surface area contributed by atoms with Gasteiger partial charge in [-0.25, -0.2) is 4.79 Å². The van der Waals surface area contributed by atoms with Crippen LogP contribution in [0.4, 0.5) is 0 Å². The average Bonchev–Trinajstić information content (AvgIpc) is 2.96. The van der Waals surface area contributed by atoms with Gasteiger partial charge in [-0.2, -0.15) is 0 Å². The van der Waals surface area contributed by atoms with E-state index in [2.05, 4.69) is 5.32 Å². The maximum absolute atomic E-state index is 12.5. The number of ether oxygens (including phenoxy) is 1. The number of methoxy groups -OCH3 is 1. The van der Waals surface area contributed by atoms with Gasteiger partial charge < -0.3 is 19.6 Å². The van der Waals surface area contributed by atoms with Crippen molar-refractivity contribution >= 4 is 11.9 Å². The molecule has 24 heavy (non-hydrogen) atoms. The summed E-state index contributed by atoms with van der Waals surface area (Å²) in [4.78, 5) is 23.7. The molecule has 1 aromatic carbocycles. The van der Waals surface area contributed by atoms with E-state index < -0.39 is 5.97 Å². The lowest BCUT2D eigenvalue weighted by molar-refractivity contribution is 0.0696. The van der Waals surface area contributed by atoms with Crippen molar-refractivity contribution in [3.63, 3.8) is 0 Å². The molecule has 1 unspecified atom stereocenters. The molecule has 6 heteroatoms. The summed E-state index contributed by atoms with van der Waals surface area (Å²) >= 11 is 0. The first-order chi connectivity index (χ1) is 11.4. The molecule has 0 aliphatic carbocycles. The number of benzene rings is 1. The number of nitrogens with one attached hydrogen (secondary N) is 1. The Bertz CT molecular complexity index is 735. The van der Waals surface area contributed by atoms with Gasteiger partial charge in [-0.05, 0) is 56.2 Å². The van der Waals surface area contributed by atoms with Gasteiger partial charge in [0.25, 0.3) is 5.91 Å². The van der Waals surface area contributed by atoms with Crippen LogP contribution in [0.25, 0.3) is 0 Å². The van der Waals surface area contributed by atoms with Gasteiger partial charge in [0.05, 0.1) is 11.6 Å². The number of carboxylic acids is 1. The third-order valence-corrected chi connectivity index (χ3v) is 3.61. The fourth-order valence-electron chi connectivity index (χ4n) is 2.44. The number of carboxylic acid groups (broad SMARTS) is 1. The summed E-state index contributed by atoms with van der Waals surface area (Å²) in [5.74, 6) is -0.0175. The van der Waals surface area contributed by atoms with Gasteiger partial charge in [-0.3, -0.25) is 4.79 Å². The quantitative estimate of drug-likeness (QED) is 0.814. The van der Waals surface area contributed by atoms with Crippen LogP contribution in [0.2, 0.25) is 0 Å². The van der Waals surface area contributed by atoms with E-state index in [4.69, 9.17) is 14.3 Å². The van der Waals surface area contributed by atoms with Crippen molar-refractivity contribution in [2.75, 3.05) is 13.7 Å². The standard InChI is InChI=1S/C18H21NO5/c1-11-8-13(10-14(9-11)18(21)22)17(20)19-15(6-7-23-3)16-5-4-12(2)24-16/h4-5,8-10,15H,6-7H2,1-3H3,(H,19,20)(H,21,22). The fourth-order valence-corrected chi connectivity index (χ4v) is 2.44. The summed E-state index contributed by atoms with van der Waals surface area (Å²) < 4.78 is 10.7. The molecule has 0 bridgehead atoms. The zero-order chi connectivity index (χ0) is 17.7. The average molecular weight is 331 g/mol. The second kappa shape index (κ2) is 7.79. The zero-order valence-electron chi connectivity index (χ0n) is 14.0. The molecule has 0 saturated carbocycles. The molecule has 2 aromatic rings. The van der Waals surface area contributed by atoms with E-state index in [-0.39, 0.29) is 17.5 Å². The molecular weight excluding hydrogens is 310 g/mol. The van der Waals surface area contributed by atoms with Gasteiger partial charge in [0.1, 0.15) is 11.5 Å². The minimum absolute atomic E-state index is 0.0856. The monoisotopic (exact) mass is 331 g/mol. The van der Waals surface area contributed by atoms with Gasteiger partial charge in [-0.15, -0.1) is 0 Å². The van der Waals surface area contributed by atoms with Crippen molar-refractivity contribution in [2.24, 2.45) is 0 Å². The van der Waals surface area contributed by atoms with Crippen molar-refractivity contribution in [1.29, 1.82) is 0 Å². The number of aromatic carboxylic acids is 1. The van der Waals surface area contributed by atoms with Crippen molar-refractivity contribution in [3.05, 3.63) is 58.5 Å². The number of aryl methyl sites for hydroxylation is 2. The first-order valence-electron chi connectivity index (χ1n) is 7.62. The highest BCUT2D eigenvalue weighted by Gasteiger charge is 2.19. The van der Waals surface area contributed by atoms with Crippen LogP contribution in [0.15, 0.2) is 34.7 Å². The second-order valence-corrected chi connectivity index (χ2v) is 5.65. The highest BCUT2D eigenvalue weighted by Crippen LogP contribution is 2.21. The smallest absolute Gasteiger partial charge is 0.335 e. The Morgan fingerprint density at radius 3 is 2.50 bits per heavy atom. The minimum atomic E-state index is -1.06. The van der Waals surface area contributed by atoms with Crippen molar-refractivity contribution in [2.45, 2.75) is 26.3 Å². The number of hydrogen-bond acceptors (Lipinski definition) is 4. The molecule has 0 saturated heterocycles. The minimum Gasteiger partial charge on any atom is -0.478 e. The van der Waals surface area contributed by atoms with Crippen LogP contribution in [0.5, 0.6) is 0 Å². The van der Waals surface area contributed by atoms with Crippen LogP contribution >= 0.6 is 0 Å². The molecule has 0 aliphatic rings. The van der Waals surface area contributed by atoms with Gasteiger partial charge in [0.2, 0.25) is 0 Å². The molecule has 1 atom stereocenters. The van der Waals surface area contributed by atoms with E-state index in [1.165, 1.54) is 12.1 Å². The van der Waals surface area contributed by atoms with Crippen LogP contribution in [0, 0.1) is 13.8 Å². The molecule has 0 fully saturated rings. The van der Waals surface area contributed by atoms with E-state index in [1.807, 2.05) is 19.1 Å². The Balaban J connectivity index is 2.22. The molecular formula is C18H21NO5. The number of carbonyl (C=O) groups is 2. The van der Waals surface area contributed by atoms with E-state index in [9.17, 15) is 9.59 Å². The molecule has 0 radical (unpaired) electrons. The summed E-state index contributed by atoms with van der Waals surface area (Å²) in [6.45, 7) is 4.04. The number of carbonyl (C=O) groups excluding carboxylic acids is 1.